The van der Waals surface area contributed by atoms with E-state index in [0.29, 0.717) is 24.2 Å². The van der Waals surface area contributed by atoms with Crippen LogP contribution in [0.2, 0.25) is 0 Å². The van der Waals surface area contributed by atoms with E-state index in [1.54, 1.807) is 0 Å². The molecule has 0 aliphatic rings. The van der Waals surface area contributed by atoms with Gasteiger partial charge in [0, 0.05) is 13.7 Å². The zero-order valence-corrected chi connectivity index (χ0v) is 20.5. The van der Waals surface area contributed by atoms with E-state index in [9.17, 15) is 9.46 Å². The van der Waals surface area contributed by atoms with Crippen molar-refractivity contribution in [1.82, 2.24) is 0 Å². The van der Waals surface area contributed by atoms with Crippen LogP contribution in [0.1, 0.15) is 71.1 Å². The maximum Gasteiger partial charge on any atom is 0.472 e. The molecule has 29 heavy (non-hydrogen) atoms. The molecule has 0 aromatic heterocycles. The molecule has 0 aromatic rings. The summed E-state index contributed by atoms with van der Waals surface area (Å²) in [4.78, 5) is 9.74. The summed E-state index contributed by atoms with van der Waals surface area (Å²) in [6.45, 7) is 4.00. The maximum atomic E-state index is 11.9. The average molecular weight is 441 g/mol. The van der Waals surface area contributed by atoms with Gasteiger partial charge >= 0.3 is 7.82 Å². The first-order valence-electron chi connectivity index (χ1n) is 11.2. The van der Waals surface area contributed by atoms with Gasteiger partial charge in [0.1, 0.15) is 19.3 Å². The van der Waals surface area contributed by atoms with Gasteiger partial charge in [-0.1, -0.05) is 64.7 Å². The molecule has 0 rings (SSSR count). The minimum Gasteiger partial charge on any atom is -0.379 e. The average Bonchev–Trinajstić information content (AvgIpc) is 2.63. The Labute approximate surface area is 179 Å². The molecule has 0 aliphatic heterocycles. The maximum absolute atomic E-state index is 11.9. The summed E-state index contributed by atoms with van der Waals surface area (Å²) < 4.78 is 33.5. The molecule has 0 heterocycles. The highest BCUT2D eigenvalue weighted by molar-refractivity contribution is 7.47. The van der Waals surface area contributed by atoms with Gasteiger partial charge in [-0.15, -0.1) is 0 Å². The summed E-state index contributed by atoms with van der Waals surface area (Å²) >= 11 is 0. The van der Waals surface area contributed by atoms with Crippen molar-refractivity contribution in [2.75, 3.05) is 61.2 Å². The number of nitrogens with zero attached hydrogens (tertiary/aromatic N) is 1. The van der Waals surface area contributed by atoms with Crippen LogP contribution in [-0.4, -0.2) is 76.7 Å². The van der Waals surface area contributed by atoms with E-state index in [-0.39, 0.29) is 19.3 Å². The summed E-state index contributed by atoms with van der Waals surface area (Å²) in [5, 5.41) is 0. The van der Waals surface area contributed by atoms with Gasteiger partial charge in [0.2, 0.25) is 0 Å². The van der Waals surface area contributed by atoms with Crippen molar-refractivity contribution in [3.05, 3.63) is 0 Å². The van der Waals surface area contributed by atoms with E-state index in [4.69, 9.17) is 18.5 Å². The van der Waals surface area contributed by atoms with Crippen LogP contribution in [0, 0.1) is 0 Å². The number of likely N-dealkylation sites (N-methyl/N-ethyl adjacent to an activating group) is 1. The van der Waals surface area contributed by atoms with Crippen molar-refractivity contribution in [2.24, 2.45) is 0 Å². The first-order valence-corrected chi connectivity index (χ1v) is 12.7. The Morgan fingerprint density at radius 3 is 1.90 bits per heavy atom. The molecule has 0 bridgehead atoms. The second-order valence-electron chi connectivity index (χ2n) is 8.73. The number of unbranched alkanes of at least 4 members (excludes halogenated alkanes) is 9. The smallest absolute Gasteiger partial charge is 0.379 e. The fraction of sp³-hybridized carbons (Fsp3) is 1.00. The molecule has 0 aliphatic carbocycles. The van der Waals surface area contributed by atoms with Crippen molar-refractivity contribution in [2.45, 2.75) is 77.2 Å². The van der Waals surface area contributed by atoms with Crippen molar-refractivity contribution in [3.8, 4) is 0 Å². The number of quaternary nitrogens is 1. The first-order chi connectivity index (χ1) is 13.7. The number of methoxy groups -OCH3 is 1. The van der Waals surface area contributed by atoms with E-state index >= 15 is 0 Å². The fourth-order valence-electron chi connectivity index (χ4n) is 2.74. The highest BCUT2D eigenvalue weighted by Crippen LogP contribution is 2.43. The number of hydrogen-bond acceptors (Lipinski definition) is 5. The number of rotatable bonds is 21. The van der Waals surface area contributed by atoms with Gasteiger partial charge < -0.3 is 18.9 Å². The van der Waals surface area contributed by atoms with Crippen LogP contribution >= 0.6 is 7.82 Å². The van der Waals surface area contributed by atoms with Crippen LogP contribution in [0.15, 0.2) is 0 Å². The molecule has 0 fully saturated rings. The molecule has 1 unspecified atom stereocenters. The lowest BCUT2D eigenvalue weighted by Crippen LogP contribution is -2.37. The number of phosphoric ester groups is 1. The van der Waals surface area contributed by atoms with Gasteiger partial charge in [-0.3, -0.25) is 9.05 Å². The lowest BCUT2D eigenvalue weighted by Gasteiger charge is -2.24. The first kappa shape index (κ1) is 29.0. The SMILES string of the molecule is CCCCCCCCCCCCOC[C@@H](COP(=O)(O)OCC[N+](C)(C)C)OC. The van der Waals surface area contributed by atoms with E-state index in [2.05, 4.69) is 6.92 Å². The highest BCUT2D eigenvalue weighted by Gasteiger charge is 2.24. The van der Waals surface area contributed by atoms with Crippen LogP contribution in [0.3, 0.4) is 0 Å². The topological polar surface area (TPSA) is 74.2 Å². The monoisotopic (exact) mass is 440 g/mol. The third-order valence-corrected chi connectivity index (χ3v) is 5.70. The van der Waals surface area contributed by atoms with E-state index in [1.807, 2.05) is 21.1 Å². The standard InChI is InChI=1S/C21H46NO6P/c1-6-7-8-9-10-11-12-13-14-15-17-26-19-21(25-5)20-28-29(23,24)27-18-16-22(2,3)4/h21H,6-20H2,1-5H3/p+1/t21-/m0/s1. The zero-order chi connectivity index (χ0) is 22.0. The Balaban J connectivity index is 3.65. The van der Waals surface area contributed by atoms with Gasteiger partial charge in [0.15, 0.2) is 0 Å². The lowest BCUT2D eigenvalue weighted by atomic mass is 10.1. The van der Waals surface area contributed by atoms with E-state index in [1.165, 1.54) is 64.9 Å². The Morgan fingerprint density at radius 1 is 0.828 bits per heavy atom. The van der Waals surface area contributed by atoms with Gasteiger partial charge in [-0.25, -0.2) is 4.57 Å². The molecule has 0 spiro atoms. The quantitative estimate of drug-likeness (QED) is 0.157. The van der Waals surface area contributed by atoms with Crippen LogP contribution in [-0.2, 0) is 23.1 Å². The predicted octanol–water partition coefficient (Wildman–Crippen LogP) is 4.78. The van der Waals surface area contributed by atoms with Crippen molar-refractivity contribution >= 4 is 7.82 Å². The molecule has 0 saturated carbocycles. The minimum atomic E-state index is -4.06. The molecule has 1 N–H and O–H groups in total. The molecular formula is C21H47NO6P+. The lowest BCUT2D eigenvalue weighted by molar-refractivity contribution is -0.870. The highest BCUT2D eigenvalue weighted by atomic mass is 31.2. The number of ether oxygens (including phenoxy) is 2. The van der Waals surface area contributed by atoms with Gasteiger partial charge in [0.05, 0.1) is 34.4 Å². The van der Waals surface area contributed by atoms with E-state index in [0.717, 1.165) is 6.42 Å². The number of phosphoric acid groups is 1. The Morgan fingerprint density at radius 2 is 1.38 bits per heavy atom. The minimum absolute atomic E-state index is 0.0350. The molecule has 2 atom stereocenters. The van der Waals surface area contributed by atoms with Crippen molar-refractivity contribution < 1.29 is 32.5 Å². The summed E-state index contributed by atoms with van der Waals surface area (Å²) in [5.74, 6) is 0. The zero-order valence-electron chi connectivity index (χ0n) is 19.6. The summed E-state index contributed by atoms with van der Waals surface area (Å²) in [6.07, 6.45) is 12.5. The second-order valence-corrected chi connectivity index (χ2v) is 10.2. The molecule has 0 radical (unpaired) electrons. The summed E-state index contributed by atoms with van der Waals surface area (Å²) in [7, 11) is 3.44. The van der Waals surface area contributed by atoms with E-state index < -0.39 is 7.82 Å². The molecule has 0 amide bonds. The second kappa shape index (κ2) is 17.6. The van der Waals surface area contributed by atoms with Crippen LogP contribution in [0.4, 0.5) is 0 Å². The fourth-order valence-corrected chi connectivity index (χ4v) is 3.48. The molecular weight excluding hydrogens is 393 g/mol. The Hall–Kier alpha value is -0.0100. The molecule has 176 valence electrons. The van der Waals surface area contributed by atoms with Crippen LogP contribution in [0.25, 0.3) is 0 Å². The summed E-state index contributed by atoms with van der Waals surface area (Å²) in [6, 6.07) is 0. The van der Waals surface area contributed by atoms with Crippen LogP contribution < -0.4 is 0 Å². The Kier molecular flexibility index (Phi) is 17.6. The molecule has 7 nitrogen and oxygen atoms in total. The van der Waals surface area contributed by atoms with Gasteiger partial charge in [-0.2, -0.15) is 0 Å². The Bertz CT molecular complexity index is 416. The van der Waals surface area contributed by atoms with Crippen molar-refractivity contribution in [1.29, 1.82) is 0 Å². The summed E-state index contributed by atoms with van der Waals surface area (Å²) in [5.41, 5.74) is 0. The molecule has 0 saturated heterocycles. The predicted molar refractivity (Wildman–Crippen MR) is 118 cm³/mol. The third-order valence-electron chi connectivity index (χ3n) is 4.72. The van der Waals surface area contributed by atoms with Crippen LogP contribution in [0.5, 0.6) is 0 Å². The van der Waals surface area contributed by atoms with Gasteiger partial charge in [0.25, 0.3) is 0 Å². The third kappa shape index (κ3) is 21.0. The molecule has 0 aromatic carbocycles. The van der Waals surface area contributed by atoms with Crippen molar-refractivity contribution in [3.63, 3.8) is 0 Å². The van der Waals surface area contributed by atoms with Gasteiger partial charge in [-0.05, 0) is 6.42 Å². The number of hydrogen-bond donors (Lipinski definition) is 1. The normalized spacial score (nSPS) is 15.4. The largest absolute Gasteiger partial charge is 0.472 e. The molecule has 8 heteroatoms.